The van der Waals surface area contributed by atoms with E-state index in [0.717, 1.165) is 40.8 Å². The summed E-state index contributed by atoms with van der Waals surface area (Å²) in [4.78, 5) is 18.3. The lowest BCUT2D eigenvalue weighted by Gasteiger charge is -2.31. The van der Waals surface area contributed by atoms with E-state index < -0.39 is 17.6 Å². The van der Waals surface area contributed by atoms with E-state index in [1.165, 1.54) is 12.7 Å². The van der Waals surface area contributed by atoms with Crippen LogP contribution < -0.4 is 0 Å². The SMILES string of the molecule is COC(=O)c1cc(F)c(C2=CCN(CC3=Cc4c(Br)ccnc4C[C@@H]3C)CC2)c(F)c1. The van der Waals surface area contributed by atoms with Crippen LogP contribution in [0.15, 0.2) is 40.5 Å². The summed E-state index contributed by atoms with van der Waals surface area (Å²) >= 11 is 3.61. The molecule has 4 rings (SSSR count). The van der Waals surface area contributed by atoms with Crippen LogP contribution in [-0.2, 0) is 11.2 Å². The first kappa shape index (κ1) is 21.8. The highest BCUT2D eigenvalue weighted by molar-refractivity contribution is 9.10. The number of pyridine rings is 1. The number of hydrogen-bond acceptors (Lipinski definition) is 4. The van der Waals surface area contributed by atoms with Crippen molar-refractivity contribution in [3.05, 3.63) is 74.5 Å². The van der Waals surface area contributed by atoms with Crippen LogP contribution in [0.25, 0.3) is 11.6 Å². The third-order valence-electron chi connectivity index (χ3n) is 5.97. The summed E-state index contributed by atoms with van der Waals surface area (Å²) in [7, 11) is 1.18. The second kappa shape index (κ2) is 9.01. The van der Waals surface area contributed by atoms with Gasteiger partial charge in [-0.3, -0.25) is 9.88 Å². The molecule has 1 aliphatic heterocycles. The first-order chi connectivity index (χ1) is 14.9. The Morgan fingerprint density at radius 2 is 2.06 bits per heavy atom. The van der Waals surface area contributed by atoms with Gasteiger partial charge in [0.1, 0.15) is 11.6 Å². The van der Waals surface area contributed by atoms with Crippen molar-refractivity contribution in [1.82, 2.24) is 9.88 Å². The third kappa shape index (κ3) is 4.48. The number of esters is 1. The minimum absolute atomic E-state index is 0.0542. The Kier molecular flexibility index (Phi) is 6.34. The Morgan fingerprint density at radius 1 is 1.32 bits per heavy atom. The molecule has 0 amide bonds. The number of fused-ring (bicyclic) bond motifs is 1. The highest BCUT2D eigenvalue weighted by Crippen LogP contribution is 2.33. The number of ether oxygens (including phenoxy) is 1. The Morgan fingerprint density at radius 3 is 2.71 bits per heavy atom. The first-order valence-corrected chi connectivity index (χ1v) is 11.0. The zero-order valence-corrected chi connectivity index (χ0v) is 19.0. The van der Waals surface area contributed by atoms with Gasteiger partial charge in [-0.2, -0.15) is 0 Å². The second-order valence-corrected chi connectivity index (χ2v) is 8.85. The molecule has 1 aliphatic carbocycles. The predicted molar refractivity (Wildman–Crippen MR) is 120 cm³/mol. The Hall–Kier alpha value is -2.38. The maximum atomic E-state index is 14.6. The number of hydrogen-bond donors (Lipinski definition) is 0. The lowest BCUT2D eigenvalue weighted by atomic mass is 9.86. The van der Waals surface area contributed by atoms with E-state index >= 15 is 0 Å². The van der Waals surface area contributed by atoms with Crippen LogP contribution in [-0.4, -0.2) is 42.6 Å². The van der Waals surface area contributed by atoms with E-state index in [2.05, 4.69) is 43.6 Å². The standard InChI is InChI=1S/C24H23BrF2N2O2/c1-14-9-22-18(19(25)3-6-28-22)10-17(14)13-29-7-4-15(5-8-29)23-20(26)11-16(12-21(23)27)24(30)31-2/h3-4,6,10-12,14H,5,7-9,13H2,1-2H3/t14-/m0/s1. The summed E-state index contributed by atoms with van der Waals surface area (Å²) in [6, 6.07) is 4.03. The molecule has 1 aromatic heterocycles. The number of nitrogens with zero attached hydrogens (tertiary/aromatic N) is 2. The molecule has 7 heteroatoms. The highest BCUT2D eigenvalue weighted by Gasteiger charge is 2.25. The Labute approximate surface area is 188 Å². The van der Waals surface area contributed by atoms with Crippen molar-refractivity contribution in [2.45, 2.75) is 19.8 Å². The lowest BCUT2D eigenvalue weighted by molar-refractivity contribution is 0.0599. The molecule has 0 saturated carbocycles. The zero-order chi connectivity index (χ0) is 22.1. The second-order valence-electron chi connectivity index (χ2n) is 8.00. The number of methoxy groups -OCH3 is 1. The lowest BCUT2D eigenvalue weighted by Crippen LogP contribution is -2.32. The van der Waals surface area contributed by atoms with E-state index in [4.69, 9.17) is 0 Å². The van der Waals surface area contributed by atoms with E-state index in [9.17, 15) is 13.6 Å². The largest absolute Gasteiger partial charge is 0.465 e. The molecule has 0 radical (unpaired) electrons. The van der Waals surface area contributed by atoms with Gasteiger partial charge >= 0.3 is 5.97 Å². The molecule has 1 atom stereocenters. The summed E-state index contributed by atoms with van der Waals surface area (Å²) in [5, 5.41) is 0. The van der Waals surface area contributed by atoms with Crippen LogP contribution in [0.3, 0.4) is 0 Å². The van der Waals surface area contributed by atoms with Crippen molar-refractivity contribution in [2.24, 2.45) is 5.92 Å². The van der Waals surface area contributed by atoms with Crippen molar-refractivity contribution in [1.29, 1.82) is 0 Å². The van der Waals surface area contributed by atoms with Crippen LogP contribution in [0, 0.1) is 17.6 Å². The molecule has 0 unspecified atom stereocenters. The van der Waals surface area contributed by atoms with Crippen molar-refractivity contribution >= 4 is 33.5 Å². The molecule has 0 saturated heterocycles. The molecule has 0 spiro atoms. The van der Waals surface area contributed by atoms with E-state index in [-0.39, 0.29) is 11.1 Å². The number of halogens is 3. The van der Waals surface area contributed by atoms with Gasteiger partial charge in [0.05, 0.1) is 12.7 Å². The minimum Gasteiger partial charge on any atom is -0.465 e. The van der Waals surface area contributed by atoms with Crippen molar-refractivity contribution in [2.75, 3.05) is 26.7 Å². The van der Waals surface area contributed by atoms with Gasteiger partial charge in [-0.1, -0.05) is 40.6 Å². The Bertz CT molecular complexity index is 1070. The quantitative estimate of drug-likeness (QED) is 0.549. The number of carbonyl (C=O) groups is 1. The first-order valence-electron chi connectivity index (χ1n) is 10.2. The fraction of sp³-hybridized carbons (Fsp3) is 0.333. The van der Waals surface area contributed by atoms with Crippen molar-refractivity contribution in [3.63, 3.8) is 0 Å². The van der Waals surface area contributed by atoms with E-state index in [1.807, 2.05) is 18.3 Å². The van der Waals surface area contributed by atoms with Gasteiger partial charge in [0.15, 0.2) is 0 Å². The molecule has 1 aromatic carbocycles. The van der Waals surface area contributed by atoms with Crippen LogP contribution in [0.1, 0.15) is 40.5 Å². The van der Waals surface area contributed by atoms with Gasteiger partial charge in [-0.05, 0) is 42.5 Å². The predicted octanol–water partition coefficient (Wildman–Crippen LogP) is 5.27. The van der Waals surface area contributed by atoms with Crippen molar-refractivity contribution < 1.29 is 18.3 Å². The molecule has 0 N–H and O–H groups in total. The third-order valence-corrected chi connectivity index (χ3v) is 6.66. The molecule has 2 aromatic rings. The van der Waals surface area contributed by atoms with E-state index in [1.54, 1.807) is 0 Å². The smallest absolute Gasteiger partial charge is 0.338 e. The fourth-order valence-electron chi connectivity index (χ4n) is 4.21. The van der Waals surface area contributed by atoms with Gasteiger partial charge < -0.3 is 4.74 Å². The van der Waals surface area contributed by atoms with E-state index in [0.29, 0.717) is 31.0 Å². The van der Waals surface area contributed by atoms with Crippen LogP contribution in [0.5, 0.6) is 0 Å². The Balaban J connectivity index is 1.50. The maximum Gasteiger partial charge on any atom is 0.338 e. The van der Waals surface area contributed by atoms with Gasteiger partial charge in [0.25, 0.3) is 0 Å². The number of rotatable bonds is 4. The zero-order valence-electron chi connectivity index (χ0n) is 17.4. The minimum atomic E-state index is -0.758. The van der Waals surface area contributed by atoms with Crippen LogP contribution >= 0.6 is 15.9 Å². The van der Waals surface area contributed by atoms with Crippen LogP contribution in [0.4, 0.5) is 8.78 Å². The molecule has 2 aliphatic rings. The summed E-state index contributed by atoms with van der Waals surface area (Å²) in [6.45, 7) is 4.32. The molecule has 0 bridgehead atoms. The molecule has 31 heavy (non-hydrogen) atoms. The topological polar surface area (TPSA) is 42.4 Å². The van der Waals surface area contributed by atoms with Gasteiger partial charge in [-0.25, -0.2) is 13.6 Å². The molecule has 2 heterocycles. The average Bonchev–Trinajstić information content (AvgIpc) is 2.75. The van der Waals surface area contributed by atoms with Gasteiger partial charge in [0.2, 0.25) is 0 Å². The molecule has 4 nitrogen and oxygen atoms in total. The normalized spacial score (nSPS) is 18.8. The summed E-state index contributed by atoms with van der Waals surface area (Å²) in [5.41, 5.74) is 4.02. The number of carbonyl (C=O) groups excluding carboxylic acids is 1. The number of benzene rings is 1. The maximum absolute atomic E-state index is 14.6. The molecule has 0 fully saturated rings. The van der Waals surface area contributed by atoms with Gasteiger partial charge in [-0.15, -0.1) is 0 Å². The molecule has 162 valence electrons. The summed E-state index contributed by atoms with van der Waals surface area (Å²) in [5.74, 6) is -1.85. The molecular formula is C24H23BrF2N2O2. The van der Waals surface area contributed by atoms with Crippen molar-refractivity contribution in [3.8, 4) is 0 Å². The average molecular weight is 489 g/mol. The fourth-order valence-corrected chi connectivity index (χ4v) is 4.67. The van der Waals surface area contributed by atoms with Crippen LogP contribution in [0.2, 0.25) is 0 Å². The van der Waals surface area contributed by atoms with Gasteiger partial charge in [0, 0.05) is 47.1 Å². The monoisotopic (exact) mass is 488 g/mol. The molecular weight excluding hydrogens is 466 g/mol. The summed E-state index contributed by atoms with van der Waals surface area (Å²) < 4.78 is 34.7. The summed E-state index contributed by atoms with van der Waals surface area (Å²) in [6.07, 6.45) is 7.35. The number of aromatic nitrogens is 1. The highest BCUT2D eigenvalue weighted by atomic mass is 79.9.